The fraction of sp³-hybridized carbons (Fsp3) is 0.708. The zero-order chi connectivity index (χ0) is 20.7. The summed E-state index contributed by atoms with van der Waals surface area (Å²) in [5.74, 6) is 3.38. The normalized spacial score (nSPS) is 33.5. The lowest BCUT2D eigenvalue weighted by molar-refractivity contribution is -0.125. The summed E-state index contributed by atoms with van der Waals surface area (Å²) in [5, 5.41) is 3.37. The molecule has 6 heteroatoms. The van der Waals surface area contributed by atoms with Crippen LogP contribution in [0.1, 0.15) is 63.4 Å². The molecule has 1 aromatic carbocycles. The van der Waals surface area contributed by atoms with Crippen LogP contribution in [0.5, 0.6) is 0 Å². The minimum atomic E-state index is -3.39. The molecule has 0 radical (unpaired) electrons. The molecular formula is C24H34N2O3S. The summed E-state index contributed by atoms with van der Waals surface area (Å²) in [6.07, 6.45) is 10.8. The number of rotatable bonds is 6. The van der Waals surface area contributed by atoms with Gasteiger partial charge in [-0.3, -0.25) is 4.79 Å². The van der Waals surface area contributed by atoms with Crippen molar-refractivity contribution >= 4 is 15.9 Å². The number of nitrogens with one attached hydrogen (secondary N) is 1. The first-order chi connectivity index (χ1) is 14.5. The van der Waals surface area contributed by atoms with Gasteiger partial charge in [-0.05, 0) is 92.7 Å². The van der Waals surface area contributed by atoms with E-state index < -0.39 is 10.0 Å². The van der Waals surface area contributed by atoms with Gasteiger partial charge in [-0.15, -0.1) is 0 Å². The van der Waals surface area contributed by atoms with E-state index in [0.29, 0.717) is 48.7 Å². The quantitative estimate of drug-likeness (QED) is 0.748. The van der Waals surface area contributed by atoms with Crippen LogP contribution in [-0.4, -0.2) is 37.8 Å². The van der Waals surface area contributed by atoms with E-state index in [-0.39, 0.29) is 5.91 Å². The van der Waals surface area contributed by atoms with Crippen LogP contribution >= 0.6 is 0 Å². The first-order valence-electron chi connectivity index (χ1n) is 11.9. The molecule has 5 nitrogen and oxygen atoms in total. The molecule has 6 rings (SSSR count). The van der Waals surface area contributed by atoms with Gasteiger partial charge in [0, 0.05) is 25.6 Å². The third-order valence-corrected chi connectivity index (χ3v) is 9.98. The summed E-state index contributed by atoms with van der Waals surface area (Å²) in [7, 11) is -3.39. The number of carbonyl (C=O) groups excluding carboxylic acids is 1. The van der Waals surface area contributed by atoms with Gasteiger partial charge in [0.25, 0.3) is 0 Å². The number of benzene rings is 1. The first-order valence-corrected chi connectivity index (χ1v) is 13.3. The lowest BCUT2D eigenvalue weighted by atomic mass is 9.54. The van der Waals surface area contributed by atoms with E-state index in [1.807, 2.05) is 12.1 Å². The van der Waals surface area contributed by atoms with Gasteiger partial charge in [-0.2, -0.15) is 4.31 Å². The average molecular weight is 431 g/mol. The summed E-state index contributed by atoms with van der Waals surface area (Å²) in [6.45, 7) is 1.24. The summed E-state index contributed by atoms with van der Waals surface area (Å²) in [4.78, 5) is 13.0. The van der Waals surface area contributed by atoms with Crippen molar-refractivity contribution < 1.29 is 13.2 Å². The summed E-state index contributed by atoms with van der Waals surface area (Å²) in [6, 6.07) is 7.53. The first kappa shape index (κ1) is 20.5. The zero-order valence-corrected chi connectivity index (χ0v) is 18.6. The smallest absolute Gasteiger partial charge is 0.243 e. The van der Waals surface area contributed by atoms with Crippen molar-refractivity contribution in [2.75, 3.05) is 13.1 Å². The second-order valence-electron chi connectivity index (χ2n) is 10.1. The number of hydrogen-bond donors (Lipinski definition) is 1. The Morgan fingerprint density at radius 3 is 2.10 bits per heavy atom. The summed E-state index contributed by atoms with van der Waals surface area (Å²) in [5.41, 5.74) is 1.02. The number of carbonyl (C=O) groups is 1. The van der Waals surface area contributed by atoms with Crippen molar-refractivity contribution in [3.05, 3.63) is 29.8 Å². The van der Waals surface area contributed by atoms with Gasteiger partial charge in [0.05, 0.1) is 4.90 Å². The van der Waals surface area contributed by atoms with Gasteiger partial charge in [-0.25, -0.2) is 8.42 Å². The third kappa shape index (κ3) is 4.05. The largest absolute Gasteiger partial charge is 0.353 e. The van der Waals surface area contributed by atoms with E-state index in [1.54, 1.807) is 16.4 Å². The summed E-state index contributed by atoms with van der Waals surface area (Å²) >= 11 is 0. The fourth-order valence-electron chi connectivity index (χ4n) is 6.76. The molecule has 1 heterocycles. The number of aryl methyl sites for hydroxylation is 1. The maximum atomic E-state index is 12.8. The van der Waals surface area contributed by atoms with Gasteiger partial charge in [-0.1, -0.05) is 18.6 Å². The second kappa shape index (κ2) is 8.27. The Kier molecular flexibility index (Phi) is 5.65. The van der Waals surface area contributed by atoms with Crippen LogP contribution in [0.3, 0.4) is 0 Å². The van der Waals surface area contributed by atoms with Crippen LogP contribution in [-0.2, 0) is 21.2 Å². The maximum absolute atomic E-state index is 12.8. The molecule has 1 N–H and O–H groups in total. The van der Waals surface area contributed by atoms with Crippen LogP contribution in [0.2, 0.25) is 0 Å². The highest BCUT2D eigenvalue weighted by molar-refractivity contribution is 7.89. The minimum absolute atomic E-state index is 0.150. The Hall–Kier alpha value is -1.40. The fourth-order valence-corrected chi connectivity index (χ4v) is 8.28. The molecule has 4 saturated carbocycles. The molecule has 1 aromatic rings. The van der Waals surface area contributed by atoms with E-state index >= 15 is 0 Å². The monoisotopic (exact) mass is 430 g/mol. The lowest BCUT2D eigenvalue weighted by Crippen LogP contribution is -2.55. The number of sulfonamides is 1. The molecule has 0 atom stereocenters. The second-order valence-corrected chi connectivity index (χ2v) is 12.1. The van der Waals surface area contributed by atoms with Gasteiger partial charge >= 0.3 is 0 Å². The average Bonchev–Trinajstić information content (AvgIpc) is 2.75. The van der Waals surface area contributed by atoms with Crippen molar-refractivity contribution in [3.8, 4) is 0 Å². The molecular weight excluding hydrogens is 396 g/mol. The van der Waals surface area contributed by atoms with E-state index in [2.05, 4.69) is 5.32 Å². The number of piperidine rings is 1. The summed E-state index contributed by atoms with van der Waals surface area (Å²) < 4.78 is 27.1. The molecule has 4 aliphatic carbocycles. The number of amides is 1. The van der Waals surface area contributed by atoms with Crippen LogP contribution in [0.15, 0.2) is 29.2 Å². The molecule has 0 spiro atoms. The van der Waals surface area contributed by atoms with E-state index in [4.69, 9.17) is 0 Å². The van der Waals surface area contributed by atoms with Crippen molar-refractivity contribution in [1.82, 2.24) is 9.62 Å². The van der Waals surface area contributed by atoms with Gasteiger partial charge in [0.15, 0.2) is 0 Å². The minimum Gasteiger partial charge on any atom is -0.353 e. The Bertz CT molecular complexity index is 846. The predicted octanol–water partition coefficient (Wildman–Crippen LogP) is 3.73. The highest BCUT2D eigenvalue weighted by atomic mass is 32.2. The van der Waals surface area contributed by atoms with Crippen LogP contribution in [0, 0.1) is 23.7 Å². The molecule has 5 fully saturated rings. The predicted molar refractivity (Wildman–Crippen MR) is 116 cm³/mol. The Morgan fingerprint density at radius 1 is 0.900 bits per heavy atom. The van der Waals surface area contributed by atoms with Crippen LogP contribution in [0.4, 0.5) is 0 Å². The lowest BCUT2D eigenvalue weighted by Gasteiger charge is -2.54. The van der Waals surface area contributed by atoms with Crippen molar-refractivity contribution in [3.63, 3.8) is 0 Å². The molecule has 0 aromatic heterocycles. The van der Waals surface area contributed by atoms with Gasteiger partial charge in [0.2, 0.25) is 15.9 Å². The highest BCUT2D eigenvalue weighted by Gasteiger charge is 2.48. The molecule has 5 aliphatic rings. The molecule has 1 amide bonds. The van der Waals surface area contributed by atoms with Crippen molar-refractivity contribution in [2.24, 2.45) is 23.7 Å². The van der Waals surface area contributed by atoms with Gasteiger partial charge < -0.3 is 5.32 Å². The third-order valence-electron chi connectivity index (χ3n) is 8.07. The molecule has 1 aliphatic heterocycles. The maximum Gasteiger partial charge on any atom is 0.243 e. The Morgan fingerprint density at radius 2 is 1.50 bits per heavy atom. The van der Waals surface area contributed by atoms with E-state index in [1.165, 1.54) is 32.1 Å². The number of nitrogens with zero attached hydrogens (tertiary/aromatic N) is 1. The van der Waals surface area contributed by atoms with Crippen LogP contribution in [0.25, 0.3) is 0 Å². The highest BCUT2D eigenvalue weighted by Crippen LogP contribution is 2.53. The van der Waals surface area contributed by atoms with Gasteiger partial charge in [0.1, 0.15) is 0 Å². The molecule has 164 valence electrons. The van der Waals surface area contributed by atoms with Crippen molar-refractivity contribution in [2.45, 2.75) is 75.1 Å². The van der Waals surface area contributed by atoms with E-state index in [9.17, 15) is 13.2 Å². The van der Waals surface area contributed by atoms with Crippen LogP contribution < -0.4 is 5.32 Å². The molecule has 1 saturated heterocycles. The molecule has 0 unspecified atom stereocenters. The van der Waals surface area contributed by atoms with Crippen molar-refractivity contribution in [1.29, 1.82) is 0 Å². The topological polar surface area (TPSA) is 66.5 Å². The number of hydrogen-bond acceptors (Lipinski definition) is 3. The Balaban J connectivity index is 1.14. The van der Waals surface area contributed by atoms with E-state index in [0.717, 1.165) is 36.7 Å². The molecule has 4 bridgehead atoms. The SMILES string of the molecule is O=C(CCc1ccc(S(=O)(=O)N2CCCCC2)cc1)NC1C2CC3CC(C2)CC1C3. The molecule has 30 heavy (non-hydrogen) atoms. The zero-order valence-electron chi connectivity index (χ0n) is 17.8. The standard InChI is InChI=1S/C24H34N2O3S/c27-23(25-24-20-13-18-12-19(15-20)16-21(24)14-18)9-6-17-4-7-22(8-5-17)30(28,29)26-10-2-1-3-11-26/h4-5,7-8,18-21,24H,1-3,6,9-16H2,(H,25,27). The Labute approximate surface area is 180 Å².